The Morgan fingerprint density at radius 3 is 2.29 bits per heavy atom. The molecule has 0 saturated heterocycles. The summed E-state index contributed by atoms with van der Waals surface area (Å²) in [5.74, 6) is -1.60. The number of nitro benzene ring substituents is 1. The third-order valence-corrected chi connectivity index (χ3v) is 5.84. The van der Waals surface area contributed by atoms with Crippen LogP contribution < -0.4 is 4.90 Å². The molecule has 1 aliphatic rings. The number of anilines is 1. The predicted molar refractivity (Wildman–Crippen MR) is 136 cm³/mol. The van der Waals surface area contributed by atoms with Crippen molar-refractivity contribution in [3.05, 3.63) is 88.0 Å². The van der Waals surface area contributed by atoms with Crippen LogP contribution in [0.25, 0.3) is 0 Å². The van der Waals surface area contributed by atoms with Gasteiger partial charge in [-0.1, -0.05) is 12.1 Å². The van der Waals surface area contributed by atoms with E-state index >= 15 is 0 Å². The number of phenolic OH excluding ortho intramolecular Hbond substituents is 1. The number of benzene rings is 3. The quantitative estimate of drug-likeness (QED) is 0.137. The van der Waals surface area contributed by atoms with Crippen molar-refractivity contribution < 1.29 is 29.2 Å². The second kappa shape index (κ2) is 11.3. The Labute approximate surface area is 216 Å². The van der Waals surface area contributed by atoms with Gasteiger partial charge in [-0.05, 0) is 42.5 Å². The molecule has 12 nitrogen and oxygen atoms in total. The average molecular weight is 517 g/mol. The number of azo groups is 1. The van der Waals surface area contributed by atoms with Gasteiger partial charge in [-0.15, -0.1) is 5.11 Å². The van der Waals surface area contributed by atoms with Gasteiger partial charge in [0.1, 0.15) is 18.0 Å². The lowest BCUT2D eigenvalue weighted by atomic mass is 10.1. The molecule has 3 aromatic carbocycles. The van der Waals surface area contributed by atoms with E-state index < -0.39 is 22.7 Å². The molecule has 0 radical (unpaired) electrons. The molecule has 0 bridgehead atoms. The topological polar surface area (TPSA) is 155 Å². The molecule has 2 amide bonds. The minimum absolute atomic E-state index is 0.0123. The van der Waals surface area contributed by atoms with Gasteiger partial charge in [0.15, 0.2) is 0 Å². The second-order valence-electron chi connectivity index (χ2n) is 8.35. The van der Waals surface area contributed by atoms with Gasteiger partial charge in [-0.3, -0.25) is 29.4 Å². The fraction of sp³-hybridized carbons (Fsp3) is 0.192. The summed E-state index contributed by atoms with van der Waals surface area (Å²) in [5, 5.41) is 28.6. The number of rotatable bonds is 10. The van der Waals surface area contributed by atoms with Crippen LogP contribution in [0.4, 0.5) is 22.7 Å². The fourth-order valence-electron chi connectivity index (χ4n) is 3.75. The van der Waals surface area contributed by atoms with E-state index in [9.17, 15) is 29.6 Å². The van der Waals surface area contributed by atoms with Crippen LogP contribution in [-0.2, 0) is 9.53 Å². The minimum Gasteiger partial charge on any atom is -0.505 e. The maximum absolute atomic E-state index is 12.4. The third kappa shape index (κ3) is 5.81. The molecule has 0 atom stereocenters. The first-order chi connectivity index (χ1) is 18.2. The predicted octanol–water partition coefficient (Wildman–Crippen LogP) is 4.38. The molecular weight excluding hydrogens is 494 g/mol. The highest BCUT2D eigenvalue weighted by Crippen LogP contribution is 2.32. The normalized spacial score (nSPS) is 12.6. The molecule has 0 aliphatic carbocycles. The maximum atomic E-state index is 12.4. The van der Waals surface area contributed by atoms with Crippen LogP contribution in [0.1, 0.15) is 27.1 Å². The lowest BCUT2D eigenvalue weighted by Gasteiger charge is -2.19. The minimum atomic E-state index is -0.617. The molecule has 1 aliphatic heterocycles. The summed E-state index contributed by atoms with van der Waals surface area (Å²) in [4.78, 5) is 49.9. The summed E-state index contributed by atoms with van der Waals surface area (Å²) in [7, 11) is 1.80. The van der Waals surface area contributed by atoms with Gasteiger partial charge in [-0.2, -0.15) is 5.11 Å². The Bertz CT molecular complexity index is 1390. The van der Waals surface area contributed by atoms with Crippen molar-refractivity contribution in [1.82, 2.24) is 4.90 Å². The molecule has 0 aromatic heterocycles. The Morgan fingerprint density at radius 1 is 1.03 bits per heavy atom. The molecule has 3 aromatic rings. The Balaban J connectivity index is 1.22. The standard InChI is InChI=1S/C26H23N5O7/c1-29(13-12-24(33)38-15-14-30-25(34)20-4-2-3-5-21(20)26(30)35)18-8-6-17(7-9-18)27-28-22-11-10-19(31(36)37)16-23(22)32/h2-11,16,32H,12-15H2,1H3. The van der Waals surface area contributed by atoms with Crippen molar-refractivity contribution in [2.45, 2.75) is 6.42 Å². The van der Waals surface area contributed by atoms with Crippen LogP contribution in [-0.4, -0.2) is 59.5 Å². The molecule has 1 heterocycles. The van der Waals surface area contributed by atoms with Crippen LogP contribution in [0.5, 0.6) is 5.75 Å². The number of hydrogen-bond donors (Lipinski definition) is 1. The molecule has 0 fully saturated rings. The van der Waals surface area contributed by atoms with Crippen molar-refractivity contribution in [2.24, 2.45) is 10.2 Å². The van der Waals surface area contributed by atoms with Gasteiger partial charge in [0.25, 0.3) is 17.5 Å². The molecule has 194 valence electrons. The average Bonchev–Trinajstić information content (AvgIpc) is 3.16. The van der Waals surface area contributed by atoms with E-state index in [1.54, 1.807) is 55.6 Å². The third-order valence-electron chi connectivity index (χ3n) is 5.84. The molecule has 38 heavy (non-hydrogen) atoms. The number of esters is 1. The fourth-order valence-corrected chi connectivity index (χ4v) is 3.75. The Hall–Kier alpha value is -5.13. The highest BCUT2D eigenvalue weighted by Gasteiger charge is 2.34. The van der Waals surface area contributed by atoms with Crippen molar-refractivity contribution in [3.63, 3.8) is 0 Å². The number of carbonyl (C=O) groups excluding carboxylic acids is 3. The van der Waals surface area contributed by atoms with Crippen LogP contribution in [0.15, 0.2) is 77.0 Å². The van der Waals surface area contributed by atoms with E-state index in [2.05, 4.69) is 10.2 Å². The molecule has 0 spiro atoms. The lowest BCUT2D eigenvalue weighted by molar-refractivity contribution is -0.384. The largest absolute Gasteiger partial charge is 0.505 e. The lowest BCUT2D eigenvalue weighted by Crippen LogP contribution is -2.33. The second-order valence-corrected chi connectivity index (χ2v) is 8.35. The summed E-state index contributed by atoms with van der Waals surface area (Å²) in [6.07, 6.45) is 0.0967. The number of nitro groups is 1. The van der Waals surface area contributed by atoms with E-state index in [-0.39, 0.29) is 36.7 Å². The molecule has 1 N–H and O–H groups in total. The van der Waals surface area contributed by atoms with Crippen LogP contribution in [0.2, 0.25) is 0 Å². The van der Waals surface area contributed by atoms with Crippen LogP contribution in [0, 0.1) is 10.1 Å². The summed E-state index contributed by atoms with van der Waals surface area (Å²) < 4.78 is 5.21. The van der Waals surface area contributed by atoms with Gasteiger partial charge in [0.05, 0.1) is 40.8 Å². The number of non-ortho nitro benzene ring substituents is 1. The first-order valence-corrected chi connectivity index (χ1v) is 11.6. The molecule has 4 rings (SSSR count). The number of hydrogen-bond acceptors (Lipinski definition) is 10. The summed E-state index contributed by atoms with van der Waals surface area (Å²) in [6.45, 7) is 0.267. The van der Waals surface area contributed by atoms with E-state index in [4.69, 9.17) is 4.74 Å². The van der Waals surface area contributed by atoms with Crippen LogP contribution >= 0.6 is 0 Å². The van der Waals surface area contributed by atoms with Crippen molar-refractivity contribution in [2.75, 3.05) is 31.6 Å². The number of phenols is 1. The van der Waals surface area contributed by atoms with Crippen molar-refractivity contribution in [3.8, 4) is 5.75 Å². The number of aromatic hydroxyl groups is 1. The van der Waals surface area contributed by atoms with E-state index in [0.717, 1.165) is 16.7 Å². The SMILES string of the molecule is CN(CCC(=O)OCCN1C(=O)c2ccccc2C1=O)c1ccc(N=Nc2ccc([N+](=O)[O-])cc2O)cc1. The summed E-state index contributed by atoms with van der Waals surface area (Å²) in [6, 6.07) is 17.0. The summed E-state index contributed by atoms with van der Waals surface area (Å²) >= 11 is 0. The van der Waals surface area contributed by atoms with Crippen molar-refractivity contribution in [1.29, 1.82) is 0 Å². The number of ether oxygens (including phenoxy) is 1. The highest BCUT2D eigenvalue weighted by molar-refractivity contribution is 6.21. The first kappa shape index (κ1) is 25.9. The molecular formula is C26H23N5O7. The van der Waals surface area contributed by atoms with E-state index in [0.29, 0.717) is 23.4 Å². The zero-order valence-corrected chi connectivity index (χ0v) is 20.3. The number of nitrogens with zero attached hydrogens (tertiary/aromatic N) is 5. The zero-order valence-electron chi connectivity index (χ0n) is 20.3. The van der Waals surface area contributed by atoms with Crippen LogP contribution in [0.3, 0.4) is 0 Å². The molecule has 0 unspecified atom stereocenters. The van der Waals surface area contributed by atoms with Gasteiger partial charge in [-0.25, -0.2) is 0 Å². The maximum Gasteiger partial charge on any atom is 0.307 e. The van der Waals surface area contributed by atoms with Gasteiger partial charge in [0, 0.05) is 25.3 Å². The van der Waals surface area contributed by atoms with E-state index in [1.807, 2.05) is 4.90 Å². The summed E-state index contributed by atoms with van der Waals surface area (Å²) in [5.41, 5.74) is 1.84. The highest BCUT2D eigenvalue weighted by atomic mass is 16.6. The van der Waals surface area contributed by atoms with Crippen molar-refractivity contribution >= 4 is 40.5 Å². The van der Waals surface area contributed by atoms with Gasteiger partial charge in [0.2, 0.25) is 0 Å². The molecule has 0 saturated carbocycles. The number of imide groups is 1. The first-order valence-electron chi connectivity index (χ1n) is 11.6. The Morgan fingerprint density at radius 2 is 1.68 bits per heavy atom. The van der Waals surface area contributed by atoms with Gasteiger partial charge >= 0.3 is 5.97 Å². The zero-order chi connectivity index (χ0) is 27.2. The van der Waals surface area contributed by atoms with E-state index in [1.165, 1.54) is 12.1 Å². The monoisotopic (exact) mass is 517 g/mol. The molecule has 12 heteroatoms. The number of fused-ring (bicyclic) bond motifs is 1. The smallest absolute Gasteiger partial charge is 0.307 e. The number of amides is 2. The Kier molecular flexibility index (Phi) is 7.71. The number of carbonyl (C=O) groups is 3. The van der Waals surface area contributed by atoms with Gasteiger partial charge < -0.3 is 14.7 Å².